The second-order valence-electron chi connectivity index (χ2n) is 8.97. The van der Waals surface area contributed by atoms with E-state index in [1.54, 1.807) is 6.08 Å². The van der Waals surface area contributed by atoms with Crippen LogP contribution in [0.3, 0.4) is 0 Å². The van der Waals surface area contributed by atoms with Crippen LogP contribution in [0.15, 0.2) is 66.9 Å². The number of carbonyl (C=O) groups is 1. The van der Waals surface area contributed by atoms with Crippen LogP contribution < -0.4 is 5.32 Å². The standard InChI is InChI=1S/C27H29ClN4O/c28-25-9-5-4-8-21(25)18-32-19-22(27(30-32)20-6-2-1-3-7-20)10-13-26(33)29-23-14-16-31(17-15-23)24-11-12-24/h1-10,13,19,23-24H,11-12,14-18H2,(H,29,33)/b13-10+. The molecular weight excluding hydrogens is 432 g/mol. The molecule has 6 heteroatoms. The molecule has 2 fully saturated rings. The summed E-state index contributed by atoms with van der Waals surface area (Å²) in [7, 11) is 0. The Balaban J connectivity index is 1.29. The third-order valence-electron chi connectivity index (χ3n) is 6.48. The number of likely N-dealkylation sites (tertiary alicyclic amines) is 1. The van der Waals surface area contributed by atoms with Gasteiger partial charge in [-0.3, -0.25) is 9.48 Å². The highest BCUT2D eigenvalue weighted by atomic mass is 35.5. The number of amides is 1. The van der Waals surface area contributed by atoms with Crippen LogP contribution in [0.4, 0.5) is 0 Å². The molecule has 33 heavy (non-hydrogen) atoms. The molecule has 2 aliphatic rings. The molecule has 0 unspecified atom stereocenters. The average Bonchev–Trinajstić information content (AvgIpc) is 3.61. The van der Waals surface area contributed by atoms with Gasteiger partial charge in [-0.15, -0.1) is 0 Å². The Morgan fingerprint density at radius 3 is 2.48 bits per heavy atom. The van der Waals surface area contributed by atoms with Crippen molar-refractivity contribution in [1.82, 2.24) is 20.0 Å². The first-order valence-electron chi connectivity index (χ1n) is 11.7. The normalized spacial score (nSPS) is 17.5. The van der Waals surface area contributed by atoms with E-state index in [1.807, 2.05) is 71.6 Å². The molecule has 1 saturated carbocycles. The van der Waals surface area contributed by atoms with Crippen LogP contribution in [0.1, 0.15) is 36.8 Å². The summed E-state index contributed by atoms with van der Waals surface area (Å²) in [4.78, 5) is 15.2. The molecule has 1 saturated heterocycles. The lowest BCUT2D eigenvalue weighted by Gasteiger charge is -2.32. The number of piperidine rings is 1. The summed E-state index contributed by atoms with van der Waals surface area (Å²) >= 11 is 6.35. The van der Waals surface area contributed by atoms with E-state index in [9.17, 15) is 4.79 Å². The van der Waals surface area contributed by atoms with Crippen molar-refractivity contribution in [2.24, 2.45) is 0 Å². The lowest BCUT2D eigenvalue weighted by Crippen LogP contribution is -2.44. The highest BCUT2D eigenvalue weighted by molar-refractivity contribution is 6.31. The zero-order valence-corrected chi connectivity index (χ0v) is 19.4. The lowest BCUT2D eigenvalue weighted by molar-refractivity contribution is -0.117. The Morgan fingerprint density at radius 1 is 1.03 bits per heavy atom. The molecule has 170 valence electrons. The molecule has 2 aromatic carbocycles. The number of rotatable bonds is 7. The molecule has 1 aliphatic carbocycles. The predicted octanol–water partition coefficient (Wildman–Crippen LogP) is 5.01. The zero-order chi connectivity index (χ0) is 22.6. The van der Waals surface area contributed by atoms with Gasteiger partial charge in [0.25, 0.3) is 0 Å². The predicted molar refractivity (Wildman–Crippen MR) is 133 cm³/mol. The monoisotopic (exact) mass is 460 g/mol. The Bertz CT molecular complexity index is 1130. The molecule has 1 amide bonds. The SMILES string of the molecule is O=C(/C=C/c1cn(Cc2ccccc2Cl)nc1-c1ccccc1)NC1CCN(C2CC2)CC1. The van der Waals surface area contributed by atoms with Crippen molar-refractivity contribution < 1.29 is 4.79 Å². The van der Waals surface area contributed by atoms with Crippen LogP contribution in [0.5, 0.6) is 0 Å². The second kappa shape index (κ2) is 9.94. The Morgan fingerprint density at radius 2 is 1.76 bits per heavy atom. The first-order valence-corrected chi connectivity index (χ1v) is 12.1. The summed E-state index contributed by atoms with van der Waals surface area (Å²) in [6.45, 7) is 2.75. The summed E-state index contributed by atoms with van der Waals surface area (Å²) in [6, 6.07) is 18.9. The molecule has 0 spiro atoms. The van der Waals surface area contributed by atoms with Gasteiger partial charge in [0.2, 0.25) is 5.91 Å². The van der Waals surface area contributed by atoms with Crippen molar-refractivity contribution in [3.8, 4) is 11.3 Å². The van der Waals surface area contributed by atoms with Gasteiger partial charge in [0.15, 0.2) is 0 Å². The van der Waals surface area contributed by atoms with E-state index in [1.165, 1.54) is 12.8 Å². The minimum absolute atomic E-state index is 0.0438. The Hall–Kier alpha value is -2.89. The molecule has 2 heterocycles. The van der Waals surface area contributed by atoms with Crippen LogP contribution in [-0.4, -0.2) is 45.8 Å². The highest BCUT2D eigenvalue weighted by Crippen LogP contribution is 2.29. The third kappa shape index (κ3) is 5.55. The summed E-state index contributed by atoms with van der Waals surface area (Å²) < 4.78 is 1.88. The fourth-order valence-electron chi connectivity index (χ4n) is 4.52. The summed E-state index contributed by atoms with van der Waals surface area (Å²) in [6.07, 6.45) is 10.2. The van der Waals surface area contributed by atoms with Crippen molar-refractivity contribution >= 4 is 23.6 Å². The summed E-state index contributed by atoms with van der Waals surface area (Å²) in [5, 5.41) is 8.72. The van der Waals surface area contributed by atoms with E-state index < -0.39 is 0 Å². The fraction of sp³-hybridized carbons (Fsp3) is 0.333. The van der Waals surface area contributed by atoms with Gasteiger partial charge < -0.3 is 10.2 Å². The molecule has 0 atom stereocenters. The Kier molecular flexibility index (Phi) is 6.60. The molecular formula is C27H29ClN4O. The van der Waals surface area contributed by atoms with E-state index in [2.05, 4.69) is 10.2 Å². The summed E-state index contributed by atoms with van der Waals surface area (Å²) in [5.74, 6) is -0.0438. The number of carbonyl (C=O) groups excluding carboxylic acids is 1. The van der Waals surface area contributed by atoms with Crippen molar-refractivity contribution in [1.29, 1.82) is 0 Å². The van der Waals surface area contributed by atoms with E-state index in [0.29, 0.717) is 6.54 Å². The van der Waals surface area contributed by atoms with Crippen molar-refractivity contribution in [2.45, 2.75) is 44.3 Å². The van der Waals surface area contributed by atoms with Crippen LogP contribution >= 0.6 is 11.6 Å². The molecule has 1 N–H and O–H groups in total. The van der Waals surface area contributed by atoms with Gasteiger partial charge >= 0.3 is 0 Å². The number of aromatic nitrogens is 2. The van der Waals surface area contributed by atoms with E-state index in [4.69, 9.17) is 16.7 Å². The van der Waals surface area contributed by atoms with Gasteiger partial charge in [0, 0.05) is 53.6 Å². The van der Waals surface area contributed by atoms with E-state index >= 15 is 0 Å². The maximum atomic E-state index is 12.6. The third-order valence-corrected chi connectivity index (χ3v) is 6.85. The van der Waals surface area contributed by atoms with Crippen molar-refractivity contribution in [3.63, 3.8) is 0 Å². The van der Waals surface area contributed by atoms with Gasteiger partial charge in [-0.2, -0.15) is 5.10 Å². The molecule has 1 aromatic heterocycles. The van der Waals surface area contributed by atoms with Gasteiger partial charge in [-0.25, -0.2) is 0 Å². The van der Waals surface area contributed by atoms with E-state index in [0.717, 1.165) is 59.4 Å². The molecule has 1 aliphatic heterocycles. The molecule has 0 bridgehead atoms. The van der Waals surface area contributed by atoms with Crippen LogP contribution in [0, 0.1) is 0 Å². The minimum Gasteiger partial charge on any atom is -0.350 e. The number of nitrogens with zero attached hydrogens (tertiary/aromatic N) is 3. The topological polar surface area (TPSA) is 50.2 Å². The first kappa shape index (κ1) is 21.9. The van der Waals surface area contributed by atoms with Crippen LogP contribution in [0.2, 0.25) is 5.02 Å². The molecule has 5 rings (SSSR count). The van der Waals surface area contributed by atoms with Gasteiger partial charge in [-0.1, -0.05) is 60.1 Å². The number of benzene rings is 2. The smallest absolute Gasteiger partial charge is 0.244 e. The van der Waals surface area contributed by atoms with Crippen LogP contribution in [-0.2, 0) is 11.3 Å². The Labute approximate surface area is 200 Å². The zero-order valence-electron chi connectivity index (χ0n) is 18.7. The first-order chi connectivity index (χ1) is 16.2. The highest BCUT2D eigenvalue weighted by Gasteiger charge is 2.31. The van der Waals surface area contributed by atoms with Gasteiger partial charge in [0.1, 0.15) is 0 Å². The van der Waals surface area contributed by atoms with Crippen molar-refractivity contribution in [2.75, 3.05) is 13.1 Å². The number of hydrogen-bond donors (Lipinski definition) is 1. The number of hydrogen-bond acceptors (Lipinski definition) is 3. The van der Waals surface area contributed by atoms with E-state index in [-0.39, 0.29) is 11.9 Å². The molecule has 5 nitrogen and oxygen atoms in total. The van der Waals surface area contributed by atoms with Gasteiger partial charge in [0.05, 0.1) is 12.2 Å². The largest absolute Gasteiger partial charge is 0.350 e. The summed E-state index contributed by atoms with van der Waals surface area (Å²) in [5.41, 5.74) is 3.78. The number of halogens is 1. The lowest BCUT2D eigenvalue weighted by atomic mass is 10.0. The molecule has 0 radical (unpaired) electrons. The quantitative estimate of drug-likeness (QED) is 0.504. The minimum atomic E-state index is -0.0438. The fourth-order valence-corrected chi connectivity index (χ4v) is 4.72. The van der Waals surface area contributed by atoms with Gasteiger partial charge in [-0.05, 0) is 43.4 Å². The van der Waals surface area contributed by atoms with Crippen LogP contribution in [0.25, 0.3) is 17.3 Å². The number of nitrogens with one attached hydrogen (secondary N) is 1. The van der Waals surface area contributed by atoms with Crippen molar-refractivity contribution in [3.05, 3.63) is 83.0 Å². The maximum Gasteiger partial charge on any atom is 0.244 e. The second-order valence-corrected chi connectivity index (χ2v) is 9.38. The maximum absolute atomic E-state index is 12.6. The molecule has 3 aromatic rings. The average molecular weight is 461 g/mol.